The normalized spacial score (nSPS) is 28.2. The molecule has 0 aromatic rings. The van der Waals surface area contributed by atoms with Crippen LogP contribution >= 0.6 is 0 Å². The van der Waals surface area contributed by atoms with Gasteiger partial charge in [-0.15, -0.1) is 0 Å². The number of nitrogens with two attached hydrogens (primary N) is 1. The fraction of sp³-hybridized carbons (Fsp3) is 1.00. The van der Waals surface area contributed by atoms with Crippen molar-refractivity contribution in [3.8, 4) is 0 Å². The summed E-state index contributed by atoms with van der Waals surface area (Å²) in [5.41, 5.74) is 5.49. The van der Waals surface area contributed by atoms with Gasteiger partial charge in [0.1, 0.15) is 0 Å². The second-order valence-electron chi connectivity index (χ2n) is 5.07. The van der Waals surface area contributed by atoms with Gasteiger partial charge in [0.2, 0.25) is 0 Å². The second kappa shape index (κ2) is 7.24. The second-order valence-corrected chi connectivity index (χ2v) is 5.07. The van der Waals surface area contributed by atoms with Crippen molar-refractivity contribution in [2.75, 3.05) is 13.1 Å². The summed E-state index contributed by atoms with van der Waals surface area (Å²) in [6.07, 6.45) is 9.44. The van der Waals surface area contributed by atoms with Crippen LogP contribution in [0.5, 0.6) is 0 Å². The van der Waals surface area contributed by atoms with E-state index in [0.717, 1.165) is 18.6 Å². The largest absolute Gasteiger partial charge is 0.330 e. The molecule has 2 atom stereocenters. The average molecular weight is 212 g/mol. The topological polar surface area (TPSA) is 29.3 Å². The summed E-state index contributed by atoms with van der Waals surface area (Å²) in [6.45, 7) is 6.93. The molecule has 1 heterocycles. The molecular weight excluding hydrogens is 184 g/mol. The molecule has 0 saturated carbocycles. The molecule has 0 aromatic carbocycles. The maximum absolute atomic E-state index is 5.49. The first-order chi connectivity index (χ1) is 7.25. The van der Waals surface area contributed by atoms with Gasteiger partial charge in [0.25, 0.3) is 0 Å². The Morgan fingerprint density at radius 1 is 1.00 bits per heavy atom. The van der Waals surface area contributed by atoms with Gasteiger partial charge in [-0.25, -0.2) is 0 Å². The molecular formula is C13H28N2. The lowest BCUT2D eigenvalue weighted by Gasteiger charge is -2.39. The summed E-state index contributed by atoms with van der Waals surface area (Å²) >= 11 is 0. The van der Waals surface area contributed by atoms with Crippen molar-refractivity contribution < 1.29 is 0 Å². The van der Waals surface area contributed by atoms with Gasteiger partial charge in [-0.1, -0.05) is 19.3 Å². The molecule has 2 unspecified atom stereocenters. The fourth-order valence-electron chi connectivity index (χ4n) is 2.71. The van der Waals surface area contributed by atoms with Crippen LogP contribution in [-0.4, -0.2) is 30.1 Å². The van der Waals surface area contributed by atoms with Crippen LogP contribution in [0.2, 0.25) is 0 Å². The van der Waals surface area contributed by atoms with Gasteiger partial charge in [-0.3, -0.25) is 4.90 Å². The molecule has 1 aliphatic rings. The van der Waals surface area contributed by atoms with Crippen molar-refractivity contribution >= 4 is 0 Å². The Morgan fingerprint density at radius 2 is 1.60 bits per heavy atom. The predicted octanol–water partition coefficient (Wildman–Crippen LogP) is 2.77. The molecule has 1 fully saturated rings. The van der Waals surface area contributed by atoms with Crippen LogP contribution in [0.15, 0.2) is 0 Å². The molecule has 90 valence electrons. The van der Waals surface area contributed by atoms with Gasteiger partial charge in [-0.05, 0) is 52.6 Å². The van der Waals surface area contributed by atoms with E-state index >= 15 is 0 Å². The molecule has 2 heteroatoms. The van der Waals surface area contributed by atoms with E-state index in [-0.39, 0.29) is 0 Å². The summed E-state index contributed by atoms with van der Waals surface area (Å²) in [5, 5.41) is 0. The van der Waals surface area contributed by atoms with Crippen molar-refractivity contribution in [2.24, 2.45) is 5.73 Å². The third-order valence-corrected chi connectivity index (χ3v) is 3.75. The molecule has 2 N–H and O–H groups in total. The van der Waals surface area contributed by atoms with Crippen molar-refractivity contribution in [3.63, 3.8) is 0 Å². The number of unbranched alkanes of at least 4 members (excludes halogenated alkanes) is 3. The SMILES string of the molecule is CC1CCCC(C)N1CCCCCCN. The lowest BCUT2D eigenvalue weighted by atomic mass is 9.97. The van der Waals surface area contributed by atoms with Crippen molar-refractivity contribution in [1.82, 2.24) is 4.90 Å². The minimum atomic E-state index is 0.809. The molecule has 1 aliphatic heterocycles. The lowest BCUT2D eigenvalue weighted by Crippen LogP contribution is -2.44. The first-order valence-electron chi connectivity index (χ1n) is 6.71. The summed E-state index contributed by atoms with van der Waals surface area (Å²) in [5.74, 6) is 0. The molecule has 1 saturated heterocycles. The van der Waals surface area contributed by atoms with Crippen LogP contribution in [0.4, 0.5) is 0 Å². The highest BCUT2D eigenvalue weighted by Crippen LogP contribution is 2.22. The van der Waals surface area contributed by atoms with E-state index < -0.39 is 0 Å². The van der Waals surface area contributed by atoms with Crippen LogP contribution in [0, 0.1) is 0 Å². The lowest BCUT2D eigenvalue weighted by molar-refractivity contribution is 0.101. The molecule has 0 aliphatic carbocycles. The van der Waals surface area contributed by atoms with Gasteiger partial charge in [0.15, 0.2) is 0 Å². The van der Waals surface area contributed by atoms with Gasteiger partial charge in [0.05, 0.1) is 0 Å². The minimum Gasteiger partial charge on any atom is -0.330 e. The summed E-state index contributed by atoms with van der Waals surface area (Å²) in [4.78, 5) is 2.70. The Bertz CT molecular complexity index is 149. The van der Waals surface area contributed by atoms with Crippen LogP contribution in [0.25, 0.3) is 0 Å². The quantitative estimate of drug-likeness (QED) is 0.686. The Morgan fingerprint density at radius 3 is 2.20 bits per heavy atom. The molecule has 2 nitrogen and oxygen atoms in total. The number of likely N-dealkylation sites (tertiary alicyclic amines) is 1. The zero-order valence-electron chi connectivity index (χ0n) is 10.5. The van der Waals surface area contributed by atoms with E-state index in [1.165, 1.54) is 51.5 Å². The first-order valence-corrected chi connectivity index (χ1v) is 6.71. The van der Waals surface area contributed by atoms with Gasteiger partial charge >= 0.3 is 0 Å². The Balaban J connectivity index is 2.12. The number of hydrogen-bond donors (Lipinski definition) is 1. The standard InChI is InChI=1S/C13H28N2/c1-12-8-7-9-13(2)15(12)11-6-4-3-5-10-14/h12-13H,3-11,14H2,1-2H3. The number of rotatable bonds is 6. The van der Waals surface area contributed by atoms with E-state index in [4.69, 9.17) is 5.73 Å². The minimum absolute atomic E-state index is 0.809. The molecule has 0 radical (unpaired) electrons. The third kappa shape index (κ3) is 4.52. The zero-order valence-corrected chi connectivity index (χ0v) is 10.5. The van der Waals surface area contributed by atoms with Crippen molar-refractivity contribution in [1.29, 1.82) is 0 Å². The predicted molar refractivity (Wildman–Crippen MR) is 67.0 cm³/mol. The molecule has 0 bridgehead atoms. The highest BCUT2D eigenvalue weighted by atomic mass is 15.2. The Kier molecular flexibility index (Phi) is 6.26. The van der Waals surface area contributed by atoms with E-state index in [2.05, 4.69) is 18.7 Å². The van der Waals surface area contributed by atoms with Gasteiger partial charge < -0.3 is 5.73 Å². The van der Waals surface area contributed by atoms with E-state index in [1.54, 1.807) is 0 Å². The summed E-state index contributed by atoms with van der Waals surface area (Å²) < 4.78 is 0. The Labute approximate surface area is 95.2 Å². The zero-order chi connectivity index (χ0) is 11.1. The number of piperidine rings is 1. The first kappa shape index (κ1) is 13.0. The van der Waals surface area contributed by atoms with Crippen LogP contribution < -0.4 is 5.73 Å². The van der Waals surface area contributed by atoms with E-state index in [1.807, 2.05) is 0 Å². The smallest absolute Gasteiger partial charge is 0.00697 e. The maximum Gasteiger partial charge on any atom is 0.00697 e. The maximum atomic E-state index is 5.49. The molecule has 0 amide bonds. The fourth-order valence-corrected chi connectivity index (χ4v) is 2.71. The van der Waals surface area contributed by atoms with Gasteiger partial charge in [0, 0.05) is 12.1 Å². The number of nitrogens with zero attached hydrogens (tertiary/aromatic N) is 1. The van der Waals surface area contributed by atoms with Gasteiger partial charge in [-0.2, -0.15) is 0 Å². The van der Waals surface area contributed by atoms with Crippen molar-refractivity contribution in [3.05, 3.63) is 0 Å². The average Bonchev–Trinajstić information content (AvgIpc) is 2.21. The third-order valence-electron chi connectivity index (χ3n) is 3.75. The van der Waals surface area contributed by atoms with E-state index in [9.17, 15) is 0 Å². The van der Waals surface area contributed by atoms with Crippen LogP contribution in [0.1, 0.15) is 58.8 Å². The highest BCUT2D eigenvalue weighted by Gasteiger charge is 2.23. The van der Waals surface area contributed by atoms with E-state index in [0.29, 0.717) is 0 Å². The van der Waals surface area contributed by atoms with Crippen molar-refractivity contribution in [2.45, 2.75) is 70.9 Å². The Hall–Kier alpha value is -0.0800. The number of hydrogen-bond acceptors (Lipinski definition) is 2. The molecule has 0 aromatic heterocycles. The summed E-state index contributed by atoms with van der Waals surface area (Å²) in [7, 11) is 0. The molecule has 0 spiro atoms. The van der Waals surface area contributed by atoms with Crippen LogP contribution in [-0.2, 0) is 0 Å². The van der Waals surface area contributed by atoms with Crippen LogP contribution in [0.3, 0.4) is 0 Å². The molecule has 15 heavy (non-hydrogen) atoms. The summed E-state index contributed by atoms with van der Waals surface area (Å²) in [6, 6.07) is 1.62. The monoisotopic (exact) mass is 212 g/mol. The molecule has 1 rings (SSSR count). The highest BCUT2D eigenvalue weighted by molar-refractivity contribution is 4.79.